The first kappa shape index (κ1) is 94.8. The van der Waals surface area contributed by atoms with E-state index in [4.69, 9.17) is 26.2 Å². The molecule has 4 N–H and O–H groups in total. The van der Waals surface area contributed by atoms with E-state index in [0.717, 1.165) is 54.4 Å². The fourth-order valence-corrected chi connectivity index (χ4v) is 13.0. The molecule has 0 aromatic heterocycles. The molecular formula is C86H113ClF3N7O14. The normalized spacial score (nSPS) is 14.2. The Kier molecular flexibility index (Phi) is 40.7. The van der Waals surface area contributed by atoms with E-state index in [1.807, 2.05) is 58.0 Å². The van der Waals surface area contributed by atoms with Crippen LogP contribution in [0.1, 0.15) is 194 Å². The number of carbonyl (C=O) groups excluding carboxylic acids is 6. The first-order valence-corrected chi connectivity index (χ1v) is 37.0. The summed E-state index contributed by atoms with van der Waals surface area (Å²) >= 11 is 4.92. The van der Waals surface area contributed by atoms with Crippen molar-refractivity contribution in [2.24, 2.45) is 35.5 Å². The largest absolute Gasteiger partial charge is 0.508 e. The summed E-state index contributed by atoms with van der Waals surface area (Å²) in [6, 6.07) is 38.6. The van der Waals surface area contributed by atoms with Crippen molar-refractivity contribution in [1.29, 1.82) is 0 Å². The number of non-ortho nitro benzene ring substituents is 2. The molecule has 0 bridgehead atoms. The summed E-state index contributed by atoms with van der Waals surface area (Å²) in [6.45, 7) is 22.8. The van der Waals surface area contributed by atoms with Crippen LogP contribution in [0.15, 0.2) is 158 Å². The van der Waals surface area contributed by atoms with E-state index >= 15 is 0 Å². The van der Waals surface area contributed by atoms with Crippen LogP contribution >= 0.6 is 11.6 Å². The summed E-state index contributed by atoms with van der Waals surface area (Å²) in [6.07, 6.45) is 11.1. The highest BCUT2D eigenvalue weighted by molar-refractivity contribution is 6.61. The molecule has 25 heteroatoms. The van der Waals surface area contributed by atoms with Crippen LogP contribution in [0.5, 0.6) is 23.0 Å². The van der Waals surface area contributed by atoms with Gasteiger partial charge in [-0.2, -0.15) is 0 Å². The van der Waals surface area contributed by atoms with Crippen LogP contribution < -0.4 is 30.2 Å². The van der Waals surface area contributed by atoms with Gasteiger partial charge in [-0.05, 0) is 252 Å². The second kappa shape index (κ2) is 47.6. The summed E-state index contributed by atoms with van der Waals surface area (Å²) in [7, 11) is 0. The lowest BCUT2D eigenvalue weighted by atomic mass is 9.81. The molecule has 3 fully saturated rings. The van der Waals surface area contributed by atoms with Gasteiger partial charge in [0.1, 0.15) is 40.4 Å². The Morgan fingerprint density at radius 2 is 0.766 bits per heavy atom. The third kappa shape index (κ3) is 32.2. The Bertz CT molecular complexity index is 4040. The molecule has 0 spiro atoms. The van der Waals surface area contributed by atoms with Crippen LogP contribution in [0.3, 0.4) is 0 Å². The quantitative estimate of drug-likeness (QED) is 0.0314. The van der Waals surface area contributed by atoms with Gasteiger partial charge in [0.05, 0.1) is 9.85 Å². The molecular weight excluding hydrogens is 1450 g/mol. The average Bonchev–Trinajstić information content (AvgIpc) is 0.838. The van der Waals surface area contributed by atoms with Crippen LogP contribution in [-0.2, 0) is 0 Å². The maximum absolute atomic E-state index is 13.2. The van der Waals surface area contributed by atoms with Crippen molar-refractivity contribution in [3.8, 4) is 23.0 Å². The molecule has 0 radical (unpaired) electrons. The van der Waals surface area contributed by atoms with Crippen molar-refractivity contribution in [2.75, 3.05) is 26.2 Å². The van der Waals surface area contributed by atoms with Crippen molar-refractivity contribution < 1.29 is 71.1 Å². The van der Waals surface area contributed by atoms with Crippen molar-refractivity contribution in [3.63, 3.8) is 0 Å². The predicted molar refractivity (Wildman–Crippen MR) is 430 cm³/mol. The maximum atomic E-state index is 13.2. The van der Waals surface area contributed by atoms with Crippen LogP contribution in [-0.4, -0.2) is 104 Å². The lowest BCUT2D eigenvalue weighted by Crippen LogP contribution is -2.47. The van der Waals surface area contributed by atoms with E-state index in [-0.39, 0.29) is 111 Å². The highest BCUT2D eigenvalue weighted by Crippen LogP contribution is 2.32. The summed E-state index contributed by atoms with van der Waals surface area (Å²) in [4.78, 5) is 96.4. The number of rotatable bonds is 20. The molecule has 3 unspecified atom stereocenters. The summed E-state index contributed by atoms with van der Waals surface area (Å²) in [5, 5.41) is 39.5. The minimum absolute atomic E-state index is 0. The molecule has 10 rings (SSSR count). The third-order valence-corrected chi connectivity index (χ3v) is 19.3. The maximum Gasteiger partial charge on any atom is 0.415 e. The number of nitrogens with one attached hydrogen (secondary N) is 3. The van der Waals surface area contributed by atoms with Crippen LogP contribution in [0.2, 0.25) is 0 Å². The van der Waals surface area contributed by atoms with E-state index in [0.29, 0.717) is 90.9 Å². The first-order valence-electron chi connectivity index (χ1n) is 36.6. The van der Waals surface area contributed by atoms with Crippen molar-refractivity contribution in [3.05, 3.63) is 234 Å². The van der Waals surface area contributed by atoms with E-state index in [9.17, 15) is 62.2 Å². The zero-order valence-corrected chi connectivity index (χ0v) is 63.8. The lowest BCUT2D eigenvalue weighted by Gasteiger charge is -2.36. The number of carbonyl (C=O) groups is 6. The second-order valence-corrected chi connectivity index (χ2v) is 29.0. The number of benzene rings is 7. The molecule has 2 saturated heterocycles. The molecule has 7 aromatic rings. The number of amides is 5. The van der Waals surface area contributed by atoms with Gasteiger partial charge in [0.2, 0.25) is 0 Å². The average molecular weight is 1560 g/mol. The zero-order chi connectivity index (χ0) is 79.1. The van der Waals surface area contributed by atoms with Gasteiger partial charge in [-0.25, -0.2) is 27.6 Å². The summed E-state index contributed by atoms with van der Waals surface area (Å²) < 4.78 is 54.7. The smallest absolute Gasteiger partial charge is 0.415 e. The Labute approximate surface area is 657 Å². The molecule has 3 atom stereocenters. The van der Waals surface area contributed by atoms with E-state index < -0.39 is 27.2 Å². The van der Waals surface area contributed by atoms with Crippen molar-refractivity contribution in [2.45, 2.75) is 187 Å². The number of likely N-dealkylation sites (tertiary alicyclic amines) is 2. The SMILES string of the molecule is C.C.C.CC(C)CC(NC(=O)c1ccc(F)cc1)C1CCCCC1.CC(C)CC(NC(=O)c1ccc(F)cc1)C1CCN(C(=O)Oc2ccc([N+](=O)[O-])cc2)CC1.Cc1cccc(O)c1C.Cc1cccc(OC(=O)N2CCC(C(CC(C)C)NC(=O)c3ccc(F)cc3)CC2)c1C.O=C(Cl)Oc1ccc([N+](=O)[O-])cc1. The second-order valence-electron chi connectivity index (χ2n) is 28.7. The topological polar surface area (TPSA) is 279 Å². The molecule has 7 aromatic carbocycles. The standard InChI is InChI=1S/C26H33FN2O3.C24H28FN3O5.C18H26FNO.C8H10O.C7H4ClNO4.3CH4/c1-17(2)16-23(28-25(30)21-8-10-22(27)11-9-21)20-12-14-29(15-13-20)26(31)32-24-7-5-6-18(3)19(24)4;1-16(2)15-22(26-23(29)18-3-5-19(25)6-4-18)17-11-13-27(14-12-17)24(30)33-21-9-7-20(8-10-21)28(31)32;1-13(2)12-17(14-6-4-3-5-7-14)20-18(21)15-8-10-16(19)11-9-15;1-6-4-3-5-8(9)7(6)2;8-7(10)13-6-3-1-5(2-4-6)9(11)12;;;/h5-11,17,20,23H,12-16H2,1-4H3,(H,28,30);3-10,16-17,22H,11-15H2,1-2H3,(H,26,29);8-11,13-14,17H,3-7,12H2,1-2H3,(H,20,21);3-5,9H,1-2H3;1-4H;3*1H4. The van der Waals surface area contributed by atoms with Crippen LogP contribution in [0, 0.1) is 101 Å². The van der Waals surface area contributed by atoms with Crippen molar-refractivity contribution >= 4 is 58.3 Å². The number of nitro groups is 2. The van der Waals surface area contributed by atoms with E-state index in [1.54, 1.807) is 28.0 Å². The number of phenols is 1. The number of piperidine rings is 2. The molecule has 2 aliphatic heterocycles. The van der Waals surface area contributed by atoms with E-state index in [1.165, 1.54) is 141 Å². The van der Waals surface area contributed by atoms with Gasteiger partial charge in [-0.15, -0.1) is 0 Å². The van der Waals surface area contributed by atoms with Crippen molar-refractivity contribution in [1.82, 2.24) is 25.8 Å². The molecule has 3 aliphatic rings. The highest BCUT2D eigenvalue weighted by Gasteiger charge is 2.34. The molecule has 604 valence electrons. The zero-order valence-electron chi connectivity index (χ0n) is 63.1. The number of phenolic OH excluding ortho intramolecular Hbond substituents is 1. The first-order chi connectivity index (χ1) is 51.3. The molecule has 5 amide bonds. The third-order valence-electron chi connectivity index (χ3n) is 19.2. The van der Waals surface area contributed by atoms with Gasteiger partial charge < -0.3 is 45.1 Å². The van der Waals surface area contributed by atoms with Gasteiger partial charge in [-0.3, -0.25) is 34.6 Å². The van der Waals surface area contributed by atoms with Gasteiger partial charge in [-0.1, -0.05) is 107 Å². The predicted octanol–water partition coefficient (Wildman–Crippen LogP) is 21.1. The Morgan fingerprint density at radius 1 is 0.450 bits per heavy atom. The minimum Gasteiger partial charge on any atom is -0.508 e. The molecule has 111 heavy (non-hydrogen) atoms. The monoisotopic (exact) mass is 1560 g/mol. The Hall–Kier alpha value is -10.4. The molecule has 1 saturated carbocycles. The fourth-order valence-electron chi connectivity index (χ4n) is 13.0. The van der Waals surface area contributed by atoms with Gasteiger partial charge in [0.15, 0.2) is 0 Å². The lowest BCUT2D eigenvalue weighted by molar-refractivity contribution is -0.385. The number of aryl methyl sites for hydroxylation is 2. The molecule has 21 nitrogen and oxygen atoms in total. The van der Waals surface area contributed by atoms with E-state index in [2.05, 4.69) is 62.2 Å². The number of hydrogen-bond donors (Lipinski definition) is 4. The van der Waals surface area contributed by atoms with Crippen LogP contribution in [0.4, 0.5) is 38.9 Å². The Balaban J connectivity index is 0.000000380. The summed E-state index contributed by atoms with van der Waals surface area (Å²) in [5.41, 5.74) is 4.44. The number of ether oxygens (including phenoxy) is 3. The van der Waals surface area contributed by atoms with Crippen LogP contribution in [0.25, 0.3) is 0 Å². The fraction of sp³-hybridized carbons (Fsp3) is 0.442. The minimum atomic E-state index is -0.978. The number of halogens is 4. The molecule has 1 aliphatic carbocycles. The van der Waals surface area contributed by atoms with Gasteiger partial charge >= 0.3 is 17.6 Å². The number of nitro benzene ring substituents is 2. The van der Waals surface area contributed by atoms with Gasteiger partial charge in [0, 0.05) is 96.9 Å². The van der Waals surface area contributed by atoms with Gasteiger partial charge in [0.25, 0.3) is 29.1 Å². The Morgan fingerprint density at radius 3 is 1.08 bits per heavy atom. The number of nitrogens with zero attached hydrogens (tertiary/aromatic N) is 4. The number of aromatic hydroxyl groups is 1. The summed E-state index contributed by atoms with van der Waals surface area (Å²) in [5.74, 6) is 2.24. The molecule has 2 heterocycles. The number of hydrogen-bond acceptors (Lipinski definition) is 14. The highest BCUT2D eigenvalue weighted by atomic mass is 35.5.